The van der Waals surface area contributed by atoms with Crippen LogP contribution in [0.3, 0.4) is 0 Å². The molecule has 5 heteroatoms. The summed E-state index contributed by atoms with van der Waals surface area (Å²) in [6.45, 7) is 0.875. The van der Waals surface area contributed by atoms with Gasteiger partial charge in [0.2, 0.25) is 0 Å². The summed E-state index contributed by atoms with van der Waals surface area (Å²) < 4.78 is 5.33. The number of carbonyl (C=O) groups is 1. The normalized spacial score (nSPS) is 10.2. The molecule has 5 nitrogen and oxygen atoms in total. The van der Waals surface area contributed by atoms with E-state index in [1.54, 1.807) is 18.3 Å². The first-order valence-corrected chi connectivity index (χ1v) is 8.42. The van der Waals surface area contributed by atoms with Crippen LogP contribution in [0.25, 0.3) is 0 Å². The minimum atomic E-state index is -0.330. The number of esters is 1. The van der Waals surface area contributed by atoms with Crippen molar-refractivity contribution < 1.29 is 9.53 Å². The molecule has 2 aromatic carbocycles. The predicted octanol–water partition coefficient (Wildman–Crippen LogP) is 4.09. The number of nitrogens with one attached hydrogen (secondary N) is 2. The Morgan fingerprint density at radius 1 is 1.00 bits per heavy atom. The highest BCUT2D eigenvalue weighted by atomic mass is 16.5. The first-order chi connectivity index (χ1) is 12.7. The van der Waals surface area contributed by atoms with Gasteiger partial charge in [-0.15, -0.1) is 0 Å². The van der Waals surface area contributed by atoms with Crippen molar-refractivity contribution in [2.24, 2.45) is 0 Å². The van der Waals surface area contributed by atoms with Crippen molar-refractivity contribution in [3.63, 3.8) is 0 Å². The zero-order chi connectivity index (χ0) is 18.2. The van der Waals surface area contributed by atoms with Gasteiger partial charge in [0.15, 0.2) is 0 Å². The lowest BCUT2D eigenvalue weighted by Crippen LogP contribution is -2.06. The molecule has 1 heterocycles. The third-order valence-electron chi connectivity index (χ3n) is 3.91. The van der Waals surface area contributed by atoms with E-state index in [1.165, 1.54) is 0 Å². The Morgan fingerprint density at radius 3 is 2.50 bits per heavy atom. The Kier molecular flexibility index (Phi) is 5.83. The van der Waals surface area contributed by atoms with E-state index in [4.69, 9.17) is 4.74 Å². The molecule has 0 amide bonds. The molecule has 26 heavy (non-hydrogen) atoms. The highest BCUT2D eigenvalue weighted by molar-refractivity contribution is 5.89. The number of pyridine rings is 1. The summed E-state index contributed by atoms with van der Waals surface area (Å²) in [4.78, 5) is 16.4. The van der Waals surface area contributed by atoms with Crippen molar-refractivity contribution in [3.8, 4) is 0 Å². The van der Waals surface area contributed by atoms with Gasteiger partial charge in [-0.25, -0.2) is 4.79 Å². The molecule has 0 spiro atoms. The van der Waals surface area contributed by atoms with E-state index in [0.29, 0.717) is 12.1 Å². The molecule has 2 N–H and O–H groups in total. The average molecular weight is 347 g/mol. The summed E-state index contributed by atoms with van der Waals surface area (Å²) in [5, 5.41) is 6.38. The van der Waals surface area contributed by atoms with Gasteiger partial charge in [0.1, 0.15) is 6.61 Å². The van der Waals surface area contributed by atoms with E-state index in [-0.39, 0.29) is 12.6 Å². The minimum absolute atomic E-state index is 0.271. The number of anilines is 2. The quantitative estimate of drug-likeness (QED) is 0.630. The molecular weight excluding hydrogens is 326 g/mol. The molecule has 3 aromatic rings. The third kappa shape index (κ3) is 4.83. The SMILES string of the molecule is CNc1ccnc(CNc2ccc(C(=O)OCc3ccccc3)cc2)c1. The van der Waals surface area contributed by atoms with Crippen LogP contribution in [0.4, 0.5) is 11.4 Å². The first-order valence-electron chi connectivity index (χ1n) is 8.42. The number of carbonyl (C=O) groups excluding carboxylic acids is 1. The molecule has 0 fully saturated rings. The Balaban J connectivity index is 1.53. The molecule has 0 aliphatic rings. The summed E-state index contributed by atoms with van der Waals surface area (Å²) in [5.41, 5.74) is 4.37. The topological polar surface area (TPSA) is 63.2 Å². The molecule has 0 atom stereocenters. The van der Waals surface area contributed by atoms with Gasteiger partial charge in [-0.2, -0.15) is 0 Å². The Bertz CT molecular complexity index is 849. The fourth-order valence-electron chi connectivity index (χ4n) is 2.45. The summed E-state index contributed by atoms with van der Waals surface area (Å²) in [6.07, 6.45) is 1.77. The van der Waals surface area contributed by atoms with Gasteiger partial charge >= 0.3 is 5.97 Å². The van der Waals surface area contributed by atoms with Crippen LogP contribution in [-0.2, 0) is 17.9 Å². The van der Waals surface area contributed by atoms with Gasteiger partial charge in [-0.05, 0) is 42.0 Å². The van der Waals surface area contributed by atoms with E-state index in [2.05, 4.69) is 15.6 Å². The van der Waals surface area contributed by atoms with E-state index >= 15 is 0 Å². The van der Waals surface area contributed by atoms with Crippen molar-refractivity contribution >= 4 is 17.3 Å². The van der Waals surface area contributed by atoms with Crippen molar-refractivity contribution in [2.75, 3.05) is 17.7 Å². The van der Waals surface area contributed by atoms with Crippen molar-refractivity contribution in [2.45, 2.75) is 13.2 Å². The van der Waals surface area contributed by atoms with Gasteiger partial charge in [0.05, 0.1) is 17.8 Å². The standard InChI is InChI=1S/C21H21N3O2/c1-22-19-11-12-23-20(13-19)14-24-18-9-7-17(8-10-18)21(25)26-15-16-5-3-2-4-6-16/h2-13,24H,14-15H2,1H3,(H,22,23). The molecule has 0 saturated carbocycles. The second-order valence-electron chi connectivity index (χ2n) is 5.78. The monoisotopic (exact) mass is 347 g/mol. The number of aromatic nitrogens is 1. The molecule has 0 radical (unpaired) electrons. The van der Waals surface area contributed by atoms with Crippen molar-refractivity contribution in [1.82, 2.24) is 4.98 Å². The van der Waals surface area contributed by atoms with Gasteiger partial charge < -0.3 is 15.4 Å². The zero-order valence-corrected chi connectivity index (χ0v) is 14.6. The van der Waals surface area contributed by atoms with Gasteiger partial charge in [0.25, 0.3) is 0 Å². The lowest BCUT2D eigenvalue weighted by molar-refractivity contribution is 0.0473. The molecule has 3 rings (SSSR count). The lowest BCUT2D eigenvalue weighted by atomic mass is 10.2. The van der Waals surface area contributed by atoms with E-state index in [9.17, 15) is 4.79 Å². The van der Waals surface area contributed by atoms with Crippen LogP contribution < -0.4 is 10.6 Å². The lowest BCUT2D eigenvalue weighted by Gasteiger charge is -2.09. The van der Waals surface area contributed by atoms with Gasteiger partial charge in [-0.1, -0.05) is 30.3 Å². The molecule has 0 saturated heterocycles. The van der Waals surface area contributed by atoms with Crippen molar-refractivity contribution in [1.29, 1.82) is 0 Å². The maximum atomic E-state index is 12.1. The highest BCUT2D eigenvalue weighted by Crippen LogP contribution is 2.14. The second kappa shape index (κ2) is 8.67. The summed E-state index contributed by atoms with van der Waals surface area (Å²) >= 11 is 0. The van der Waals surface area contributed by atoms with E-state index in [1.807, 2.05) is 61.6 Å². The molecule has 0 aliphatic heterocycles. The van der Waals surface area contributed by atoms with Gasteiger partial charge in [-0.3, -0.25) is 4.98 Å². The maximum Gasteiger partial charge on any atom is 0.338 e. The van der Waals surface area contributed by atoms with Crippen molar-refractivity contribution in [3.05, 3.63) is 89.7 Å². The van der Waals surface area contributed by atoms with Crippen LogP contribution in [0.15, 0.2) is 72.9 Å². The van der Waals surface area contributed by atoms with Crippen LogP contribution in [-0.4, -0.2) is 18.0 Å². The fraction of sp³-hybridized carbons (Fsp3) is 0.143. The first kappa shape index (κ1) is 17.5. The van der Waals surface area contributed by atoms with Crippen LogP contribution in [0, 0.1) is 0 Å². The molecule has 0 aliphatic carbocycles. The number of benzene rings is 2. The third-order valence-corrected chi connectivity index (χ3v) is 3.91. The Labute approximate surface area is 153 Å². The number of hydrogen-bond acceptors (Lipinski definition) is 5. The number of hydrogen-bond donors (Lipinski definition) is 2. The van der Waals surface area contributed by atoms with Crippen LogP contribution in [0.1, 0.15) is 21.6 Å². The molecule has 132 valence electrons. The summed E-state index contributed by atoms with van der Waals surface area (Å²) in [7, 11) is 1.88. The largest absolute Gasteiger partial charge is 0.457 e. The Morgan fingerprint density at radius 2 is 1.77 bits per heavy atom. The van der Waals surface area contributed by atoms with Crippen LogP contribution in [0.2, 0.25) is 0 Å². The van der Waals surface area contributed by atoms with Crippen LogP contribution >= 0.6 is 0 Å². The predicted molar refractivity (Wildman–Crippen MR) is 103 cm³/mol. The highest BCUT2D eigenvalue weighted by Gasteiger charge is 2.07. The number of ether oxygens (including phenoxy) is 1. The Hall–Kier alpha value is -3.34. The summed E-state index contributed by atoms with van der Waals surface area (Å²) in [5.74, 6) is -0.330. The molecule has 0 bridgehead atoms. The zero-order valence-electron chi connectivity index (χ0n) is 14.6. The smallest absolute Gasteiger partial charge is 0.338 e. The van der Waals surface area contributed by atoms with E-state index < -0.39 is 0 Å². The van der Waals surface area contributed by atoms with Crippen LogP contribution in [0.5, 0.6) is 0 Å². The van der Waals surface area contributed by atoms with E-state index in [0.717, 1.165) is 22.6 Å². The molecule has 1 aromatic heterocycles. The minimum Gasteiger partial charge on any atom is -0.457 e. The average Bonchev–Trinajstić information content (AvgIpc) is 2.72. The molecular formula is C21H21N3O2. The summed E-state index contributed by atoms with van der Waals surface area (Å²) in [6, 6.07) is 20.8. The number of rotatable bonds is 7. The molecule has 0 unspecified atom stereocenters. The number of nitrogens with zero attached hydrogens (tertiary/aromatic N) is 1. The second-order valence-corrected chi connectivity index (χ2v) is 5.78. The van der Waals surface area contributed by atoms with Gasteiger partial charge in [0, 0.05) is 24.6 Å². The maximum absolute atomic E-state index is 12.1. The fourth-order valence-corrected chi connectivity index (χ4v) is 2.45.